The molecule has 0 unspecified atom stereocenters. The third-order valence-corrected chi connectivity index (χ3v) is 5.77. The first-order chi connectivity index (χ1) is 12.0. The molecular formula is C18H18BrCl2N3S. The molecule has 1 fully saturated rings. The van der Waals surface area contributed by atoms with Crippen LogP contribution in [0, 0.1) is 0 Å². The quantitative estimate of drug-likeness (QED) is 0.631. The van der Waals surface area contributed by atoms with Crippen molar-refractivity contribution in [3.8, 4) is 0 Å². The minimum atomic E-state index is 0.597. The van der Waals surface area contributed by atoms with E-state index in [0.29, 0.717) is 10.0 Å². The lowest BCUT2D eigenvalue weighted by atomic mass is 10.2. The van der Waals surface area contributed by atoms with Crippen molar-refractivity contribution in [1.29, 1.82) is 0 Å². The lowest BCUT2D eigenvalue weighted by Crippen LogP contribution is -2.49. The second-order valence-electron chi connectivity index (χ2n) is 5.95. The number of nitrogens with one attached hydrogen (secondary N) is 1. The molecule has 25 heavy (non-hydrogen) atoms. The van der Waals surface area contributed by atoms with Crippen LogP contribution in [0.15, 0.2) is 46.9 Å². The van der Waals surface area contributed by atoms with Gasteiger partial charge in [0, 0.05) is 42.9 Å². The van der Waals surface area contributed by atoms with E-state index in [9.17, 15) is 0 Å². The Kier molecular flexibility index (Phi) is 6.58. The zero-order valence-electron chi connectivity index (χ0n) is 13.5. The van der Waals surface area contributed by atoms with Crippen LogP contribution in [0.25, 0.3) is 0 Å². The van der Waals surface area contributed by atoms with Crippen LogP contribution in [0.3, 0.4) is 0 Å². The SMILES string of the molecule is S=C(Nc1ccc(Br)cc1)N1CCN(Cc2ccc(Cl)c(Cl)c2)CC1. The maximum Gasteiger partial charge on any atom is 0.173 e. The topological polar surface area (TPSA) is 18.5 Å². The fraction of sp³-hybridized carbons (Fsp3) is 0.278. The molecule has 0 saturated carbocycles. The van der Waals surface area contributed by atoms with Gasteiger partial charge in [-0.2, -0.15) is 0 Å². The number of piperazine rings is 1. The van der Waals surface area contributed by atoms with Crippen molar-refractivity contribution in [2.24, 2.45) is 0 Å². The van der Waals surface area contributed by atoms with E-state index in [-0.39, 0.29) is 0 Å². The Bertz CT molecular complexity index is 746. The number of anilines is 1. The average Bonchev–Trinajstić information content (AvgIpc) is 2.61. The second kappa shape index (κ2) is 8.69. The van der Waals surface area contributed by atoms with E-state index in [4.69, 9.17) is 35.4 Å². The highest BCUT2D eigenvalue weighted by atomic mass is 79.9. The standard InChI is InChI=1S/C18H18BrCl2N3S/c19-14-2-4-15(5-3-14)22-18(25)24-9-7-23(8-10-24)12-13-1-6-16(20)17(21)11-13/h1-6,11H,7-10,12H2,(H,22,25). The molecule has 3 nitrogen and oxygen atoms in total. The fourth-order valence-electron chi connectivity index (χ4n) is 2.74. The monoisotopic (exact) mass is 457 g/mol. The predicted octanol–water partition coefficient (Wildman–Crippen LogP) is 5.27. The summed E-state index contributed by atoms with van der Waals surface area (Å²) in [5.41, 5.74) is 2.19. The highest BCUT2D eigenvalue weighted by Gasteiger charge is 2.19. The number of hydrogen-bond donors (Lipinski definition) is 1. The lowest BCUT2D eigenvalue weighted by Gasteiger charge is -2.36. The van der Waals surface area contributed by atoms with Crippen LogP contribution in [0.2, 0.25) is 10.0 Å². The summed E-state index contributed by atoms with van der Waals surface area (Å²) in [5.74, 6) is 0. The van der Waals surface area contributed by atoms with Crippen LogP contribution < -0.4 is 5.32 Å². The summed E-state index contributed by atoms with van der Waals surface area (Å²) >= 11 is 21.1. The maximum atomic E-state index is 6.10. The van der Waals surface area contributed by atoms with Gasteiger partial charge in [0.2, 0.25) is 0 Å². The Balaban J connectivity index is 1.50. The van der Waals surface area contributed by atoms with E-state index in [1.165, 1.54) is 5.56 Å². The van der Waals surface area contributed by atoms with Gasteiger partial charge >= 0.3 is 0 Å². The van der Waals surface area contributed by atoms with E-state index in [0.717, 1.165) is 48.0 Å². The van der Waals surface area contributed by atoms with Gasteiger partial charge in [0.15, 0.2) is 5.11 Å². The van der Waals surface area contributed by atoms with Crippen LogP contribution in [-0.4, -0.2) is 41.1 Å². The summed E-state index contributed by atoms with van der Waals surface area (Å²) in [7, 11) is 0. The predicted molar refractivity (Wildman–Crippen MR) is 114 cm³/mol. The Morgan fingerprint density at radius 3 is 2.32 bits per heavy atom. The van der Waals surface area contributed by atoms with Gasteiger partial charge in [0.1, 0.15) is 0 Å². The molecule has 7 heteroatoms. The van der Waals surface area contributed by atoms with E-state index in [2.05, 4.69) is 31.0 Å². The van der Waals surface area contributed by atoms with Crippen LogP contribution >= 0.6 is 51.3 Å². The Morgan fingerprint density at radius 2 is 1.68 bits per heavy atom. The molecule has 132 valence electrons. The summed E-state index contributed by atoms with van der Waals surface area (Å²) < 4.78 is 1.06. The number of benzene rings is 2. The third kappa shape index (κ3) is 5.31. The zero-order valence-corrected chi connectivity index (χ0v) is 17.4. The number of halogens is 3. The van der Waals surface area contributed by atoms with Crippen molar-refractivity contribution in [2.75, 3.05) is 31.5 Å². The molecule has 2 aromatic rings. The largest absolute Gasteiger partial charge is 0.346 e. The van der Waals surface area contributed by atoms with E-state index in [1.54, 1.807) is 0 Å². The van der Waals surface area contributed by atoms with Crippen molar-refractivity contribution >= 4 is 62.1 Å². The molecule has 0 aliphatic carbocycles. The molecule has 1 saturated heterocycles. The normalized spacial score (nSPS) is 15.2. The molecule has 0 spiro atoms. The van der Waals surface area contributed by atoms with Crippen molar-refractivity contribution in [1.82, 2.24) is 9.80 Å². The number of rotatable bonds is 3. The minimum Gasteiger partial charge on any atom is -0.346 e. The minimum absolute atomic E-state index is 0.597. The summed E-state index contributed by atoms with van der Waals surface area (Å²) in [6.45, 7) is 4.61. The van der Waals surface area contributed by atoms with Crippen molar-refractivity contribution in [2.45, 2.75) is 6.54 Å². The smallest absolute Gasteiger partial charge is 0.173 e. The molecule has 0 amide bonds. The molecule has 3 rings (SSSR count). The van der Waals surface area contributed by atoms with Gasteiger partial charge in [0.25, 0.3) is 0 Å². The van der Waals surface area contributed by atoms with Crippen LogP contribution in [-0.2, 0) is 6.54 Å². The van der Waals surface area contributed by atoms with E-state index in [1.807, 2.05) is 42.5 Å². The molecule has 1 N–H and O–H groups in total. The summed E-state index contributed by atoms with van der Waals surface area (Å²) in [5, 5.41) is 5.28. The van der Waals surface area contributed by atoms with Crippen molar-refractivity contribution < 1.29 is 0 Å². The summed E-state index contributed by atoms with van der Waals surface area (Å²) in [6, 6.07) is 13.8. The number of nitrogens with zero attached hydrogens (tertiary/aromatic N) is 2. The highest BCUT2D eigenvalue weighted by molar-refractivity contribution is 9.10. The Hall–Kier alpha value is -0.850. The Labute approximate surface area is 172 Å². The van der Waals surface area contributed by atoms with Gasteiger partial charge in [-0.05, 0) is 54.2 Å². The third-order valence-electron chi connectivity index (χ3n) is 4.15. The summed E-state index contributed by atoms with van der Waals surface area (Å²) in [4.78, 5) is 4.61. The van der Waals surface area contributed by atoms with Gasteiger partial charge in [-0.15, -0.1) is 0 Å². The van der Waals surface area contributed by atoms with Crippen LogP contribution in [0.5, 0.6) is 0 Å². The molecule has 2 aromatic carbocycles. The number of hydrogen-bond acceptors (Lipinski definition) is 2. The van der Waals surface area contributed by atoms with E-state index >= 15 is 0 Å². The summed E-state index contributed by atoms with van der Waals surface area (Å²) in [6.07, 6.45) is 0. The maximum absolute atomic E-state index is 6.10. The molecule has 0 bridgehead atoms. The first kappa shape index (κ1) is 18.9. The Morgan fingerprint density at radius 1 is 1.00 bits per heavy atom. The molecule has 1 aliphatic rings. The van der Waals surface area contributed by atoms with Crippen LogP contribution in [0.4, 0.5) is 5.69 Å². The molecule has 1 heterocycles. The zero-order chi connectivity index (χ0) is 17.8. The van der Waals surface area contributed by atoms with E-state index < -0.39 is 0 Å². The van der Waals surface area contributed by atoms with Gasteiger partial charge in [-0.1, -0.05) is 45.2 Å². The fourth-order valence-corrected chi connectivity index (χ4v) is 3.63. The highest BCUT2D eigenvalue weighted by Crippen LogP contribution is 2.23. The lowest BCUT2D eigenvalue weighted by molar-refractivity contribution is 0.177. The van der Waals surface area contributed by atoms with Gasteiger partial charge in [-0.25, -0.2) is 0 Å². The first-order valence-corrected chi connectivity index (χ1v) is 9.95. The molecule has 0 atom stereocenters. The number of thiocarbonyl (C=S) groups is 1. The van der Waals surface area contributed by atoms with Crippen LogP contribution in [0.1, 0.15) is 5.56 Å². The van der Waals surface area contributed by atoms with Crippen molar-refractivity contribution in [3.63, 3.8) is 0 Å². The van der Waals surface area contributed by atoms with Gasteiger partial charge in [0.05, 0.1) is 10.0 Å². The molecular weight excluding hydrogens is 441 g/mol. The van der Waals surface area contributed by atoms with Gasteiger partial charge < -0.3 is 10.2 Å². The molecule has 0 radical (unpaired) electrons. The molecule has 0 aromatic heterocycles. The van der Waals surface area contributed by atoms with Gasteiger partial charge in [-0.3, -0.25) is 4.90 Å². The first-order valence-electron chi connectivity index (χ1n) is 7.99. The molecule has 1 aliphatic heterocycles. The average molecular weight is 459 g/mol. The second-order valence-corrected chi connectivity index (χ2v) is 8.07. The van der Waals surface area contributed by atoms with Crippen molar-refractivity contribution in [3.05, 3.63) is 62.5 Å².